The van der Waals surface area contributed by atoms with Crippen molar-refractivity contribution in [3.63, 3.8) is 0 Å². The van der Waals surface area contributed by atoms with Gasteiger partial charge in [-0.05, 0) is 44.0 Å². The maximum absolute atomic E-state index is 12.5. The van der Waals surface area contributed by atoms with Crippen molar-refractivity contribution in [1.29, 1.82) is 0 Å². The minimum atomic E-state index is -0.620. The second-order valence-electron chi connectivity index (χ2n) is 7.08. The molecular formula is C22H23N3O3. The van der Waals surface area contributed by atoms with Crippen LogP contribution in [0.2, 0.25) is 0 Å². The fourth-order valence-corrected chi connectivity index (χ4v) is 3.43. The van der Waals surface area contributed by atoms with Gasteiger partial charge in [0.05, 0.1) is 0 Å². The molecule has 2 aromatic carbocycles. The van der Waals surface area contributed by atoms with Crippen molar-refractivity contribution in [2.75, 3.05) is 5.32 Å². The Morgan fingerprint density at radius 1 is 1.14 bits per heavy atom. The molecule has 1 atom stereocenters. The SMILES string of the molecule is CC(Oc1ccccc1)C(=O)Nc1cccc(-c2noc(C3CCCC3)n2)c1. The zero-order chi connectivity index (χ0) is 19.3. The lowest BCUT2D eigenvalue weighted by molar-refractivity contribution is -0.122. The lowest BCUT2D eigenvalue weighted by atomic mass is 10.1. The zero-order valence-electron chi connectivity index (χ0n) is 15.8. The predicted octanol–water partition coefficient (Wildman–Crippen LogP) is 4.80. The van der Waals surface area contributed by atoms with Crippen LogP contribution in [0.5, 0.6) is 5.75 Å². The number of anilines is 1. The smallest absolute Gasteiger partial charge is 0.265 e. The summed E-state index contributed by atoms with van der Waals surface area (Å²) >= 11 is 0. The lowest BCUT2D eigenvalue weighted by Gasteiger charge is -2.14. The van der Waals surface area contributed by atoms with Gasteiger partial charge < -0.3 is 14.6 Å². The minimum absolute atomic E-state index is 0.222. The van der Waals surface area contributed by atoms with Gasteiger partial charge in [0.25, 0.3) is 5.91 Å². The van der Waals surface area contributed by atoms with E-state index in [-0.39, 0.29) is 5.91 Å². The number of nitrogens with zero attached hydrogens (tertiary/aromatic N) is 2. The number of carbonyl (C=O) groups is 1. The number of rotatable bonds is 6. The molecule has 4 rings (SSSR count). The maximum atomic E-state index is 12.5. The summed E-state index contributed by atoms with van der Waals surface area (Å²) in [5.74, 6) is 2.07. The number of carbonyl (C=O) groups excluding carboxylic acids is 1. The average molecular weight is 377 g/mol. The molecule has 1 unspecified atom stereocenters. The fraction of sp³-hybridized carbons (Fsp3) is 0.318. The molecule has 1 amide bonds. The molecule has 1 aliphatic carbocycles. The Hall–Kier alpha value is -3.15. The van der Waals surface area contributed by atoms with Gasteiger partial charge in [-0.1, -0.05) is 48.3 Å². The summed E-state index contributed by atoms with van der Waals surface area (Å²) in [5, 5.41) is 7.00. The third kappa shape index (κ3) is 4.22. The molecule has 1 fully saturated rings. The van der Waals surface area contributed by atoms with Gasteiger partial charge in [0.1, 0.15) is 5.75 Å². The zero-order valence-corrected chi connectivity index (χ0v) is 15.8. The molecule has 0 spiro atoms. The quantitative estimate of drug-likeness (QED) is 0.668. The Morgan fingerprint density at radius 2 is 1.93 bits per heavy atom. The van der Waals surface area contributed by atoms with Gasteiger partial charge in [-0.25, -0.2) is 0 Å². The number of aromatic nitrogens is 2. The van der Waals surface area contributed by atoms with Crippen molar-refractivity contribution in [2.24, 2.45) is 0 Å². The van der Waals surface area contributed by atoms with Crippen molar-refractivity contribution in [1.82, 2.24) is 10.1 Å². The van der Waals surface area contributed by atoms with E-state index in [0.717, 1.165) is 18.4 Å². The van der Waals surface area contributed by atoms with Crippen LogP contribution in [-0.4, -0.2) is 22.2 Å². The molecule has 0 bridgehead atoms. The number of ether oxygens (including phenoxy) is 1. The van der Waals surface area contributed by atoms with Crippen LogP contribution in [-0.2, 0) is 4.79 Å². The van der Waals surface area contributed by atoms with Gasteiger partial charge in [0.15, 0.2) is 6.10 Å². The molecular weight excluding hydrogens is 354 g/mol. The highest BCUT2D eigenvalue weighted by atomic mass is 16.5. The number of para-hydroxylation sites is 1. The van der Waals surface area contributed by atoms with Crippen molar-refractivity contribution in [3.05, 3.63) is 60.5 Å². The van der Waals surface area contributed by atoms with E-state index in [4.69, 9.17) is 9.26 Å². The molecule has 3 aromatic rings. The Balaban J connectivity index is 1.42. The van der Waals surface area contributed by atoms with Crippen molar-refractivity contribution >= 4 is 11.6 Å². The van der Waals surface area contributed by atoms with Crippen LogP contribution >= 0.6 is 0 Å². The summed E-state index contributed by atoms with van der Waals surface area (Å²) in [6, 6.07) is 16.7. The molecule has 1 heterocycles. The molecule has 6 nitrogen and oxygen atoms in total. The number of hydrogen-bond donors (Lipinski definition) is 1. The second kappa shape index (κ2) is 8.25. The maximum Gasteiger partial charge on any atom is 0.265 e. The monoisotopic (exact) mass is 377 g/mol. The second-order valence-corrected chi connectivity index (χ2v) is 7.08. The first-order valence-electron chi connectivity index (χ1n) is 9.65. The van der Waals surface area contributed by atoms with Gasteiger partial charge in [-0.15, -0.1) is 0 Å². The summed E-state index contributed by atoms with van der Waals surface area (Å²) in [7, 11) is 0. The molecule has 0 radical (unpaired) electrons. The van der Waals surface area contributed by atoms with E-state index in [1.165, 1.54) is 12.8 Å². The van der Waals surface area contributed by atoms with Gasteiger partial charge in [-0.3, -0.25) is 4.79 Å². The summed E-state index contributed by atoms with van der Waals surface area (Å²) in [5.41, 5.74) is 1.47. The van der Waals surface area contributed by atoms with E-state index >= 15 is 0 Å². The summed E-state index contributed by atoms with van der Waals surface area (Å²) in [4.78, 5) is 17.0. The highest BCUT2D eigenvalue weighted by Crippen LogP contribution is 2.34. The highest BCUT2D eigenvalue weighted by molar-refractivity contribution is 5.94. The van der Waals surface area contributed by atoms with Crippen molar-refractivity contribution in [3.8, 4) is 17.1 Å². The first-order valence-corrected chi connectivity index (χ1v) is 9.65. The van der Waals surface area contributed by atoms with E-state index < -0.39 is 6.10 Å². The third-order valence-electron chi connectivity index (χ3n) is 4.96. The van der Waals surface area contributed by atoms with Crippen molar-refractivity contribution in [2.45, 2.75) is 44.6 Å². The predicted molar refractivity (Wildman–Crippen MR) is 106 cm³/mol. The fourth-order valence-electron chi connectivity index (χ4n) is 3.43. The molecule has 1 saturated carbocycles. The lowest BCUT2D eigenvalue weighted by Crippen LogP contribution is -2.30. The van der Waals surface area contributed by atoms with Gasteiger partial charge in [0.2, 0.25) is 11.7 Å². The van der Waals surface area contributed by atoms with Crippen molar-refractivity contribution < 1.29 is 14.1 Å². The number of hydrogen-bond acceptors (Lipinski definition) is 5. The first kappa shape index (κ1) is 18.2. The Kier molecular flexibility index (Phi) is 5.37. The van der Waals surface area contributed by atoms with Gasteiger partial charge in [0, 0.05) is 17.2 Å². The van der Waals surface area contributed by atoms with E-state index in [0.29, 0.717) is 29.1 Å². The van der Waals surface area contributed by atoms with Crippen LogP contribution in [0.1, 0.15) is 44.4 Å². The molecule has 6 heteroatoms. The standard InChI is InChI=1S/C22H23N3O3/c1-15(27-19-12-3-2-4-13-19)21(26)23-18-11-7-10-17(14-18)20-24-22(28-25-20)16-8-5-6-9-16/h2-4,7,10-16H,5-6,8-9H2,1H3,(H,23,26). The molecule has 144 valence electrons. The van der Waals surface area contributed by atoms with E-state index in [9.17, 15) is 4.79 Å². The van der Waals surface area contributed by atoms with E-state index in [2.05, 4.69) is 15.5 Å². The molecule has 1 aliphatic rings. The minimum Gasteiger partial charge on any atom is -0.481 e. The van der Waals surface area contributed by atoms with Crippen LogP contribution in [0, 0.1) is 0 Å². The molecule has 1 N–H and O–H groups in total. The largest absolute Gasteiger partial charge is 0.481 e. The molecule has 0 saturated heterocycles. The summed E-state index contributed by atoms with van der Waals surface area (Å²) < 4.78 is 11.1. The Morgan fingerprint density at radius 3 is 2.71 bits per heavy atom. The summed E-state index contributed by atoms with van der Waals surface area (Å²) in [6.45, 7) is 1.72. The summed E-state index contributed by atoms with van der Waals surface area (Å²) in [6.07, 6.45) is 4.03. The molecule has 28 heavy (non-hydrogen) atoms. The number of nitrogens with one attached hydrogen (secondary N) is 1. The van der Waals surface area contributed by atoms with E-state index in [1.807, 2.05) is 54.6 Å². The van der Waals surface area contributed by atoms with Gasteiger partial charge in [-0.2, -0.15) is 4.98 Å². The van der Waals surface area contributed by atoms with Crippen LogP contribution in [0.3, 0.4) is 0 Å². The molecule has 1 aromatic heterocycles. The number of amides is 1. The van der Waals surface area contributed by atoms with Gasteiger partial charge >= 0.3 is 0 Å². The van der Waals surface area contributed by atoms with E-state index in [1.54, 1.807) is 6.92 Å². The van der Waals surface area contributed by atoms with Crippen LogP contribution < -0.4 is 10.1 Å². The Labute approximate surface area is 163 Å². The highest BCUT2D eigenvalue weighted by Gasteiger charge is 2.23. The average Bonchev–Trinajstić information content (AvgIpc) is 3.41. The van der Waals surface area contributed by atoms with Crippen LogP contribution in [0.25, 0.3) is 11.4 Å². The Bertz CT molecular complexity index is 933. The van der Waals surface area contributed by atoms with Crippen LogP contribution in [0.15, 0.2) is 59.1 Å². The van der Waals surface area contributed by atoms with Crippen LogP contribution in [0.4, 0.5) is 5.69 Å². The first-order chi connectivity index (χ1) is 13.7. The molecule has 0 aliphatic heterocycles. The third-order valence-corrected chi connectivity index (χ3v) is 4.96. The normalized spacial score (nSPS) is 15.3. The number of benzene rings is 2. The topological polar surface area (TPSA) is 77.2 Å².